The lowest BCUT2D eigenvalue weighted by molar-refractivity contribution is 0.988. The average Bonchev–Trinajstić information content (AvgIpc) is 2.07. The van der Waals surface area contributed by atoms with Crippen LogP contribution in [0.2, 0.25) is 5.02 Å². The van der Waals surface area contributed by atoms with Crippen LogP contribution in [0.1, 0.15) is 25.4 Å². The van der Waals surface area contributed by atoms with E-state index in [1.807, 2.05) is 18.7 Å². The van der Waals surface area contributed by atoms with Gasteiger partial charge in [0.15, 0.2) is 0 Å². The molecule has 0 amide bonds. The van der Waals surface area contributed by atoms with Gasteiger partial charge in [-0.15, -0.1) is 0 Å². The van der Waals surface area contributed by atoms with Gasteiger partial charge < -0.3 is 0 Å². The lowest BCUT2D eigenvalue weighted by atomic mass is 10.4. The maximum Gasteiger partial charge on any atom is 0.138 e. The zero-order chi connectivity index (χ0) is 9.84. The molecule has 1 aromatic rings. The molecule has 0 N–H and O–H groups in total. The third-order valence-electron chi connectivity index (χ3n) is 1.52. The molecule has 0 radical (unpaired) electrons. The third-order valence-corrected chi connectivity index (χ3v) is 2.98. The third kappa shape index (κ3) is 3.53. The molecule has 0 aromatic carbocycles. The molecule has 0 saturated heterocycles. The molecule has 0 unspecified atom stereocenters. The summed E-state index contributed by atoms with van der Waals surface area (Å²) in [6.45, 7) is 6.22. The maximum absolute atomic E-state index is 5.81. The van der Waals surface area contributed by atoms with Crippen molar-refractivity contribution < 1.29 is 0 Å². The number of aryl methyl sites for hydroxylation is 1. The number of rotatable bonds is 3. The highest BCUT2D eigenvalue weighted by Crippen LogP contribution is 2.16. The standard InChI is InChI=1S/C9H13ClN2S/c1-6(2)13-5-9-11-4-8(10)7(3)12-9/h4,6H,5H2,1-3H3. The van der Waals surface area contributed by atoms with E-state index in [0.717, 1.165) is 17.3 Å². The zero-order valence-corrected chi connectivity index (χ0v) is 9.61. The quantitative estimate of drug-likeness (QED) is 0.777. The number of hydrogen-bond acceptors (Lipinski definition) is 3. The summed E-state index contributed by atoms with van der Waals surface area (Å²) in [5, 5.41) is 1.25. The number of halogens is 1. The largest absolute Gasteiger partial charge is 0.239 e. The molecule has 13 heavy (non-hydrogen) atoms. The summed E-state index contributed by atoms with van der Waals surface area (Å²) in [4.78, 5) is 8.43. The van der Waals surface area contributed by atoms with Crippen molar-refractivity contribution in [1.82, 2.24) is 9.97 Å². The van der Waals surface area contributed by atoms with Gasteiger partial charge in [0.1, 0.15) is 5.82 Å². The lowest BCUT2D eigenvalue weighted by Gasteiger charge is -2.04. The number of nitrogens with zero attached hydrogens (tertiary/aromatic N) is 2. The van der Waals surface area contributed by atoms with Gasteiger partial charge in [0.05, 0.1) is 16.5 Å². The predicted molar refractivity (Wildman–Crippen MR) is 58.2 cm³/mol. The van der Waals surface area contributed by atoms with Crippen LogP contribution in [0.15, 0.2) is 6.20 Å². The molecule has 0 saturated carbocycles. The van der Waals surface area contributed by atoms with Crippen LogP contribution < -0.4 is 0 Å². The van der Waals surface area contributed by atoms with Crippen LogP contribution in [0.25, 0.3) is 0 Å². The number of thioether (sulfide) groups is 1. The van der Waals surface area contributed by atoms with Gasteiger partial charge in [-0.25, -0.2) is 9.97 Å². The van der Waals surface area contributed by atoms with Gasteiger partial charge in [0.2, 0.25) is 0 Å². The minimum absolute atomic E-state index is 0.611. The van der Waals surface area contributed by atoms with Crippen molar-refractivity contribution in [3.63, 3.8) is 0 Å². The summed E-state index contributed by atoms with van der Waals surface area (Å²) < 4.78 is 0. The van der Waals surface area contributed by atoms with Crippen LogP contribution in [0, 0.1) is 6.92 Å². The van der Waals surface area contributed by atoms with Gasteiger partial charge in [-0.3, -0.25) is 0 Å². The molecule has 1 rings (SSSR count). The number of aromatic nitrogens is 2. The lowest BCUT2D eigenvalue weighted by Crippen LogP contribution is -1.97. The van der Waals surface area contributed by atoms with E-state index in [1.165, 1.54) is 0 Å². The molecule has 0 fully saturated rings. The Labute approximate surface area is 88.1 Å². The Bertz CT molecular complexity index is 289. The molecule has 0 bridgehead atoms. The van der Waals surface area contributed by atoms with Crippen molar-refractivity contribution >= 4 is 23.4 Å². The fourth-order valence-corrected chi connectivity index (χ4v) is 1.52. The highest BCUT2D eigenvalue weighted by Gasteiger charge is 2.02. The summed E-state index contributed by atoms with van der Waals surface area (Å²) in [6, 6.07) is 0. The van der Waals surface area contributed by atoms with Crippen molar-refractivity contribution in [3.05, 3.63) is 22.7 Å². The molecule has 0 aliphatic heterocycles. The Kier molecular flexibility index (Phi) is 4.00. The van der Waals surface area contributed by atoms with Gasteiger partial charge in [0, 0.05) is 6.20 Å². The summed E-state index contributed by atoms with van der Waals surface area (Å²) in [5.74, 6) is 1.72. The Morgan fingerprint density at radius 2 is 2.23 bits per heavy atom. The van der Waals surface area contributed by atoms with Crippen LogP contribution in [-0.4, -0.2) is 15.2 Å². The van der Waals surface area contributed by atoms with E-state index in [-0.39, 0.29) is 0 Å². The van der Waals surface area contributed by atoms with Crippen LogP contribution in [-0.2, 0) is 5.75 Å². The minimum Gasteiger partial charge on any atom is -0.239 e. The average molecular weight is 217 g/mol. The van der Waals surface area contributed by atoms with E-state index in [4.69, 9.17) is 11.6 Å². The van der Waals surface area contributed by atoms with Gasteiger partial charge in [0.25, 0.3) is 0 Å². The van der Waals surface area contributed by atoms with E-state index < -0.39 is 0 Å². The smallest absolute Gasteiger partial charge is 0.138 e. The van der Waals surface area contributed by atoms with Crippen molar-refractivity contribution in [2.24, 2.45) is 0 Å². The highest BCUT2D eigenvalue weighted by atomic mass is 35.5. The summed E-state index contributed by atoms with van der Waals surface area (Å²) in [7, 11) is 0. The summed E-state index contributed by atoms with van der Waals surface area (Å²) in [6.07, 6.45) is 1.67. The molecule has 0 spiro atoms. The van der Waals surface area contributed by atoms with Crippen molar-refractivity contribution in [2.75, 3.05) is 0 Å². The first-order valence-electron chi connectivity index (χ1n) is 4.19. The van der Waals surface area contributed by atoms with Crippen LogP contribution in [0.5, 0.6) is 0 Å². The monoisotopic (exact) mass is 216 g/mol. The molecule has 0 atom stereocenters. The first-order valence-corrected chi connectivity index (χ1v) is 5.62. The normalized spacial score (nSPS) is 10.8. The predicted octanol–water partition coefficient (Wildman–Crippen LogP) is 3.08. The maximum atomic E-state index is 5.81. The van der Waals surface area contributed by atoms with E-state index in [0.29, 0.717) is 10.3 Å². The highest BCUT2D eigenvalue weighted by molar-refractivity contribution is 7.99. The van der Waals surface area contributed by atoms with Crippen LogP contribution in [0.4, 0.5) is 0 Å². The zero-order valence-electron chi connectivity index (χ0n) is 8.04. The molecule has 1 aromatic heterocycles. The molecule has 0 aliphatic carbocycles. The molecule has 4 heteroatoms. The summed E-state index contributed by atoms with van der Waals surface area (Å²) >= 11 is 7.64. The SMILES string of the molecule is Cc1nc(CSC(C)C)ncc1Cl. The Balaban J connectivity index is 2.63. The molecule has 0 aliphatic rings. The van der Waals surface area contributed by atoms with Crippen molar-refractivity contribution in [3.8, 4) is 0 Å². The van der Waals surface area contributed by atoms with E-state index in [2.05, 4.69) is 23.8 Å². The molecule has 2 nitrogen and oxygen atoms in total. The Morgan fingerprint density at radius 1 is 1.54 bits per heavy atom. The van der Waals surface area contributed by atoms with Crippen LogP contribution >= 0.6 is 23.4 Å². The first kappa shape index (κ1) is 10.8. The van der Waals surface area contributed by atoms with Gasteiger partial charge in [-0.05, 0) is 12.2 Å². The van der Waals surface area contributed by atoms with Crippen LogP contribution in [0.3, 0.4) is 0 Å². The van der Waals surface area contributed by atoms with Crippen molar-refractivity contribution in [1.29, 1.82) is 0 Å². The second kappa shape index (κ2) is 4.82. The van der Waals surface area contributed by atoms with E-state index >= 15 is 0 Å². The van der Waals surface area contributed by atoms with Crippen molar-refractivity contribution in [2.45, 2.75) is 31.8 Å². The molecule has 72 valence electrons. The van der Waals surface area contributed by atoms with Gasteiger partial charge in [-0.2, -0.15) is 11.8 Å². The summed E-state index contributed by atoms with van der Waals surface area (Å²) in [5.41, 5.74) is 0.857. The topological polar surface area (TPSA) is 25.8 Å². The fraction of sp³-hybridized carbons (Fsp3) is 0.556. The first-order chi connectivity index (χ1) is 6.09. The Morgan fingerprint density at radius 3 is 2.77 bits per heavy atom. The second-order valence-electron chi connectivity index (χ2n) is 3.08. The Hall–Kier alpha value is -0.280. The van der Waals surface area contributed by atoms with E-state index in [1.54, 1.807) is 6.20 Å². The molecular formula is C9H13ClN2S. The fourth-order valence-electron chi connectivity index (χ4n) is 0.811. The second-order valence-corrected chi connectivity index (χ2v) is 5.05. The van der Waals surface area contributed by atoms with E-state index in [9.17, 15) is 0 Å². The van der Waals surface area contributed by atoms with Gasteiger partial charge >= 0.3 is 0 Å². The molecular weight excluding hydrogens is 204 g/mol. The molecule has 1 heterocycles. The van der Waals surface area contributed by atoms with Gasteiger partial charge in [-0.1, -0.05) is 25.4 Å². The number of hydrogen-bond donors (Lipinski definition) is 0. The minimum atomic E-state index is 0.611.